The monoisotopic (exact) mass is 277 g/mol. The second-order valence-corrected chi connectivity index (χ2v) is 4.28. The molecule has 5 nitrogen and oxygen atoms in total. The average Bonchev–Trinajstić information content (AvgIpc) is 2.96. The number of aromatic nitrogens is 2. The number of aryl methyl sites for hydroxylation is 1. The maximum absolute atomic E-state index is 12.7. The van der Waals surface area contributed by atoms with Crippen LogP contribution in [0.1, 0.15) is 17.7 Å². The maximum Gasteiger partial charge on any atom is 0.407 e. The van der Waals surface area contributed by atoms with E-state index in [-0.39, 0.29) is 5.82 Å². The van der Waals surface area contributed by atoms with E-state index in [4.69, 9.17) is 4.74 Å². The van der Waals surface area contributed by atoms with Gasteiger partial charge in [-0.1, -0.05) is 12.1 Å². The Kier molecular flexibility index (Phi) is 5.11. The molecule has 2 aromatic rings. The molecule has 0 saturated heterocycles. The highest BCUT2D eigenvalue weighted by atomic mass is 19.1. The van der Waals surface area contributed by atoms with Gasteiger partial charge < -0.3 is 15.0 Å². The van der Waals surface area contributed by atoms with Crippen molar-refractivity contribution in [3.8, 4) is 0 Å². The molecule has 106 valence electrons. The predicted octanol–water partition coefficient (Wildman–Crippen LogP) is 2.41. The molecule has 1 heterocycles. The van der Waals surface area contributed by atoms with Crippen LogP contribution in [-0.4, -0.2) is 22.7 Å². The van der Waals surface area contributed by atoms with Gasteiger partial charge in [0.05, 0.1) is 18.6 Å². The number of carbonyl (C=O) groups excluding carboxylic acids is 1. The number of carbonyl (C=O) groups is 1. The zero-order valence-electron chi connectivity index (χ0n) is 10.9. The third kappa shape index (κ3) is 4.72. The molecular weight excluding hydrogens is 261 g/mol. The summed E-state index contributed by atoms with van der Waals surface area (Å²) in [6.07, 6.45) is 4.43. The van der Waals surface area contributed by atoms with Crippen molar-refractivity contribution in [1.82, 2.24) is 15.3 Å². The van der Waals surface area contributed by atoms with Gasteiger partial charge in [-0.3, -0.25) is 0 Å². The summed E-state index contributed by atoms with van der Waals surface area (Å²) in [6.45, 7) is 0.653. The molecule has 2 N–H and O–H groups in total. The minimum atomic E-state index is -0.476. The number of aromatic amines is 1. The largest absolute Gasteiger partial charge is 0.450 e. The first kappa shape index (κ1) is 14.0. The van der Waals surface area contributed by atoms with E-state index in [2.05, 4.69) is 15.3 Å². The molecule has 0 radical (unpaired) electrons. The minimum absolute atomic E-state index is 0.297. The zero-order valence-corrected chi connectivity index (χ0v) is 10.9. The second kappa shape index (κ2) is 7.28. The third-order valence-corrected chi connectivity index (χ3v) is 2.72. The number of hydrogen-bond acceptors (Lipinski definition) is 3. The van der Waals surface area contributed by atoms with E-state index in [0.29, 0.717) is 13.2 Å². The molecule has 0 spiro atoms. The fourth-order valence-corrected chi connectivity index (χ4v) is 1.67. The van der Waals surface area contributed by atoms with Crippen LogP contribution in [0.4, 0.5) is 9.18 Å². The summed E-state index contributed by atoms with van der Waals surface area (Å²) in [6, 6.07) is 5.94. The van der Waals surface area contributed by atoms with Crippen molar-refractivity contribution < 1.29 is 13.9 Å². The number of nitrogens with zero attached hydrogens (tertiary/aromatic N) is 1. The van der Waals surface area contributed by atoms with Gasteiger partial charge in [0.1, 0.15) is 5.82 Å². The van der Waals surface area contributed by atoms with Crippen LogP contribution in [0.3, 0.4) is 0 Å². The van der Waals surface area contributed by atoms with Gasteiger partial charge in [-0.25, -0.2) is 14.2 Å². The van der Waals surface area contributed by atoms with Crippen molar-refractivity contribution in [3.05, 3.63) is 53.9 Å². The van der Waals surface area contributed by atoms with Crippen LogP contribution in [0.15, 0.2) is 36.8 Å². The van der Waals surface area contributed by atoms with Crippen LogP contribution in [0, 0.1) is 5.82 Å². The molecule has 1 amide bonds. The van der Waals surface area contributed by atoms with Gasteiger partial charge in [-0.2, -0.15) is 0 Å². The van der Waals surface area contributed by atoms with Crippen LogP contribution in [-0.2, 0) is 17.7 Å². The summed E-state index contributed by atoms with van der Waals surface area (Å²) in [7, 11) is 0. The Balaban J connectivity index is 1.59. The highest BCUT2D eigenvalue weighted by molar-refractivity contribution is 5.67. The van der Waals surface area contributed by atoms with Crippen molar-refractivity contribution in [3.63, 3.8) is 0 Å². The molecule has 0 fully saturated rings. The Labute approximate surface area is 116 Å². The van der Waals surface area contributed by atoms with Crippen LogP contribution in [0.2, 0.25) is 0 Å². The molecule has 0 unspecified atom stereocenters. The number of rotatable bonds is 6. The first-order chi connectivity index (χ1) is 9.74. The fraction of sp³-hybridized carbons (Fsp3) is 0.286. The molecule has 1 aromatic heterocycles. The Bertz CT molecular complexity index is 526. The van der Waals surface area contributed by atoms with Gasteiger partial charge in [-0.05, 0) is 30.5 Å². The van der Waals surface area contributed by atoms with Crippen LogP contribution in [0.25, 0.3) is 0 Å². The van der Waals surface area contributed by atoms with Gasteiger partial charge in [-0.15, -0.1) is 0 Å². The van der Waals surface area contributed by atoms with Crippen molar-refractivity contribution in [2.45, 2.75) is 19.4 Å². The number of H-pyrrole nitrogens is 1. The Hall–Kier alpha value is -2.37. The SMILES string of the molecule is O=C(NCc1ccc(F)cc1)OCCCc1c[nH]cn1. The Morgan fingerprint density at radius 1 is 1.35 bits per heavy atom. The summed E-state index contributed by atoms with van der Waals surface area (Å²) in [5, 5.41) is 2.61. The normalized spacial score (nSPS) is 10.2. The quantitative estimate of drug-likeness (QED) is 0.797. The summed E-state index contributed by atoms with van der Waals surface area (Å²) < 4.78 is 17.7. The number of nitrogens with one attached hydrogen (secondary N) is 2. The molecule has 1 aromatic carbocycles. The third-order valence-electron chi connectivity index (χ3n) is 2.72. The number of alkyl carbamates (subject to hydrolysis) is 1. The maximum atomic E-state index is 12.7. The van der Waals surface area contributed by atoms with Crippen LogP contribution < -0.4 is 5.32 Å². The molecule has 2 rings (SSSR count). The van der Waals surface area contributed by atoms with Crippen LogP contribution in [0.5, 0.6) is 0 Å². The van der Waals surface area contributed by atoms with Crippen molar-refractivity contribution in [2.75, 3.05) is 6.61 Å². The number of halogens is 1. The number of imidazole rings is 1. The van der Waals surface area contributed by atoms with Crippen molar-refractivity contribution >= 4 is 6.09 Å². The number of benzene rings is 1. The van der Waals surface area contributed by atoms with E-state index in [9.17, 15) is 9.18 Å². The van der Waals surface area contributed by atoms with E-state index in [1.165, 1.54) is 12.1 Å². The van der Waals surface area contributed by atoms with E-state index in [0.717, 1.165) is 24.1 Å². The average molecular weight is 277 g/mol. The van der Waals surface area contributed by atoms with Gasteiger partial charge in [0.2, 0.25) is 0 Å². The van der Waals surface area contributed by atoms with Crippen LogP contribution >= 0.6 is 0 Å². The summed E-state index contributed by atoms with van der Waals surface area (Å²) in [4.78, 5) is 18.4. The lowest BCUT2D eigenvalue weighted by molar-refractivity contribution is 0.144. The highest BCUT2D eigenvalue weighted by Crippen LogP contribution is 2.02. The standard InChI is InChI=1S/C14H16FN3O2/c15-12-5-3-11(4-6-12)8-17-14(19)20-7-1-2-13-9-16-10-18-13/h3-6,9-10H,1-2,7-8H2,(H,16,18)(H,17,19). The lowest BCUT2D eigenvalue weighted by Crippen LogP contribution is -2.24. The Morgan fingerprint density at radius 2 is 2.15 bits per heavy atom. The van der Waals surface area contributed by atoms with Gasteiger partial charge in [0, 0.05) is 12.7 Å². The summed E-state index contributed by atoms with van der Waals surface area (Å²) >= 11 is 0. The smallest absolute Gasteiger partial charge is 0.407 e. The fourth-order valence-electron chi connectivity index (χ4n) is 1.67. The lowest BCUT2D eigenvalue weighted by Gasteiger charge is -2.06. The topological polar surface area (TPSA) is 67.0 Å². The molecular formula is C14H16FN3O2. The van der Waals surface area contributed by atoms with E-state index in [1.54, 1.807) is 18.5 Å². The van der Waals surface area contributed by atoms with Gasteiger partial charge in [0.15, 0.2) is 0 Å². The molecule has 0 aliphatic carbocycles. The molecule has 0 aliphatic rings. The predicted molar refractivity (Wildman–Crippen MR) is 71.5 cm³/mol. The number of amides is 1. The lowest BCUT2D eigenvalue weighted by atomic mass is 10.2. The van der Waals surface area contributed by atoms with E-state index >= 15 is 0 Å². The molecule has 0 bridgehead atoms. The zero-order chi connectivity index (χ0) is 14.2. The first-order valence-electron chi connectivity index (χ1n) is 6.37. The number of ether oxygens (including phenoxy) is 1. The van der Waals surface area contributed by atoms with Gasteiger partial charge in [0.25, 0.3) is 0 Å². The van der Waals surface area contributed by atoms with Gasteiger partial charge >= 0.3 is 6.09 Å². The molecule has 0 aliphatic heterocycles. The number of hydrogen-bond donors (Lipinski definition) is 2. The van der Waals surface area contributed by atoms with E-state index in [1.807, 2.05) is 6.20 Å². The first-order valence-corrected chi connectivity index (χ1v) is 6.37. The van der Waals surface area contributed by atoms with Crippen molar-refractivity contribution in [1.29, 1.82) is 0 Å². The minimum Gasteiger partial charge on any atom is -0.450 e. The highest BCUT2D eigenvalue weighted by Gasteiger charge is 2.02. The van der Waals surface area contributed by atoms with Crippen molar-refractivity contribution in [2.24, 2.45) is 0 Å². The molecule has 20 heavy (non-hydrogen) atoms. The van der Waals surface area contributed by atoms with E-state index < -0.39 is 6.09 Å². The Morgan fingerprint density at radius 3 is 2.85 bits per heavy atom. The second-order valence-electron chi connectivity index (χ2n) is 4.28. The molecule has 6 heteroatoms. The summed E-state index contributed by atoms with van der Waals surface area (Å²) in [5.74, 6) is -0.297. The molecule has 0 atom stereocenters. The summed E-state index contributed by atoms with van der Waals surface area (Å²) in [5.41, 5.74) is 1.76. The molecule has 0 saturated carbocycles.